The maximum atomic E-state index is 13.0. The van der Waals surface area contributed by atoms with E-state index in [1.165, 1.54) is 11.1 Å². The first-order valence-electron chi connectivity index (χ1n) is 20.4. The van der Waals surface area contributed by atoms with Crippen LogP contribution in [0.1, 0.15) is 52.7 Å². The van der Waals surface area contributed by atoms with Crippen LogP contribution >= 0.6 is 0 Å². The number of urea groups is 1. The van der Waals surface area contributed by atoms with Crippen LogP contribution in [-0.4, -0.2) is 49.5 Å². The van der Waals surface area contributed by atoms with Gasteiger partial charge in [-0.3, -0.25) is 4.90 Å². The van der Waals surface area contributed by atoms with Gasteiger partial charge in [-0.2, -0.15) is 0 Å². The molecule has 1 saturated heterocycles. The van der Waals surface area contributed by atoms with E-state index in [2.05, 4.69) is 77.1 Å². The third kappa shape index (κ3) is 9.48. The number of hydrogen-bond donors (Lipinski definition) is 3. The molecule has 2 heterocycles. The summed E-state index contributed by atoms with van der Waals surface area (Å²) < 4.78 is 30.7. The van der Waals surface area contributed by atoms with Gasteiger partial charge >= 0.3 is 6.03 Å². The Morgan fingerprint density at radius 3 is 2.15 bits per heavy atom. The number of rotatable bonds is 13. The van der Waals surface area contributed by atoms with Gasteiger partial charge in [0, 0.05) is 43.3 Å². The van der Waals surface area contributed by atoms with Crippen molar-refractivity contribution < 1.29 is 33.6 Å². The van der Waals surface area contributed by atoms with E-state index < -0.39 is 6.29 Å². The molecule has 0 aliphatic carbocycles. The molecule has 2 amide bonds. The molecule has 2 aliphatic rings. The van der Waals surface area contributed by atoms with Crippen LogP contribution in [0.15, 0.2) is 140 Å². The monoisotopic (exact) mass is 805 g/mol. The summed E-state index contributed by atoms with van der Waals surface area (Å²) in [6, 6.07) is 45.1. The predicted molar refractivity (Wildman–Crippen MR) is 232 cm³/mol. The Morgan fingerprint density at radius 2 is 1.43 bits per heavy atom. The van der Waals surface area contributed by atoms with E-state index >= 15 is 0 Å². The fourth-order valence-electron chi connectivity index (χ4n) is 8.04. The van der Waals surface area contributed by atoms with Crippen molar-refractivity contribution in [3.63, 3.8) is 0 Å². The molecule has 1 fully saturated rings. The van der Waals surface area contributed by atoms with E-state index in [0.29, 0.717) is 18.0 Å². The number of aliphatic hydroxyl groups is 1. The summed E-state index contributed by atoms with van der Waals surface area (Å²) in [5, 5.41) is 15.6. The zero-order valence-corrected chi connectivity index (χ0v) is 34.2. The van der Waals surface area contributed by atoms with Crippen LogP contribution in [0.5, 0.6) is 23.0 Å². The largest absolute Gasteiger partial charge is 0.493 e. The molecule has 4 atom stereocenters. The van der Waals surface area contributed by atoms with E-state index in [0.717, 1.165) is 76.7 Å². The molecule has 0 aromatic heterocycles. The number of nitrogens with zero attached hydrogens (tertiary/aromatic N) is 1. The Kier molecular flexibility index (Phi) is 12.7. The van der Waals surface area contributed by atoms with Crippen molar-refractivity contribution in [1.29, 1.82) is 0 Å². The average Bonchev–Trinajstić information content (AvgIpc) is 3.29. The number of carbonyl (C=O) groups excluding carboxylic acids is 1. The minimum atomic E-state index is -0.594. The van der Waals surface area contributed by atoms with Gasteiger partial charge in [0.1, 0.15) is 11.5 Å². The highest BCUT2D eigenvalue weighted by molar-refractivity contribution is 5.89. The van der Waals surface area contributed by atoms with Gasteiger partial charge in [-0.05, 0) is 93.9 Å². The van der Waals surface area contributed by atoms with Crippen LogP contribution in [-0.2, 0) is 35.6 Å². The molecular formula is C50H51N3O7. The number of nitrogens with one attached hydrogen (secondary N) is 2. The van der Waals surface area contributed by atoms with E-state index in [-0.39, 0.29) is 30.8 Å². The zero-order chi connectivity index (χ0) is 41.4. The summed E-state index contributed by atoms with van der Waals surface area (Å²) in [4.78, 5) is 15.4. The van der Waals surface area contributed by atoms with Crippen molar-refractivity contribution in [3.05, 3.63) is 173 Å². The minimum Gasteiger partial charge on any atom is -0.493 e. The number of methoxy groups -OCH3 is 2. The molecule has 6 aromatic carbocycles. The number of aliphatic hydroxyl groups excluding tert-OH is 1. The molecule has 2 aliphatic heterocycles. The Hall–Kier alpha value is -6.17. The van der Waals surface area contributed by atoms with Gasteiger partial charge in [-0.15, -0.1) is 0 Å². The molecule has 3 N–H and O–H groups in total. The standard InChI is InChI=1S/C50H51N3O7/c1-33-47(31-53-26-25-38-27-45(56-2)46(57-3)28-40(38)30-53)59-49(60-48(33)36-15-13-34(32-54)14-16-36)37-19-17-35(18-20-37)44-12-8-7-9-39(44)29-51-50(55)52-41-21-23-43(24-22-41)58-42-10-5-4-6-11-42/h4-24,27-28,33,47-49,54H,25-26,29-32H2,1-3H3,(H2,51,52,55)/t33-,47+,48+,49+/m0/s1. The van der Waals surface area contributed by atoms with Gasteiger partial charge in [0.05, 0.1) is 33.0 Å². The second-order valence-electron chi connectivity index (χ2n) is 15.3. The quantitative estimate of drug-likeness (QED) is 0.106. The number of para-hydroxylation sites is 1. The van der Waals surface area contributed by atoms with Crippen molar-refractivity contribution in [2.45, 2.75) is 51.5 Å². The summed E-state index contributed by atoms with van der Waals surface area (Å²) in [6.07, 6.45) is -0.0264. The molecule has 0 radical (unpaired) electrons. The number of benzene rings is 6. The molecule has 60 heavy (non-hydrogen) atoms. The second kappa shape index (κ2) is 18.8. The molecule has 0 saturated carbocycles. The lowest BCUT2D eigenvalue weighted by Gasteiger charge is -2.43. The first kappa shape index (κ1) is 40.6. The smallest absolute Gasteiger partial charge is 0.319 e. The predicted octanol–water partition coefficient (Wildman–Crippen LogP) is 9.83. The minimum absolute atomic E-state index is 0.0119. The Bertz CT molecular complexity index is 2350. The summed E-state index contributed by atoms with van der Waals surface area (Å²) in [7, 11) is 3.35. The summed E-state index contributed by atoms with van der Waals surface area (Å²) >= 11 is 0. The van der Waals surface area contributed by atoms with Crippen LogP contribution in [0.3, 0.4) is 0 Å². The summed E-state index contributed by atoms with van der Waals surface area (Å²) in [6.45, 7) is 4.95. The summed E-state index contributed by atoms with van der Waals surface area (Å²) in [5.74, 6) is 2.98. The Labute approximate surface area is 351 Å². The van der Waals surface area contributed by atoms with Crippen molar-refractivity contribution in [2.24, 2.45) is 5.92 Å². The van der Waals surface area contributed by atoms with Crippen molar-refractivity contribution in [2.75, 3.05) is 32.6 Å². The Morgan fingerprint density at radius 1 is 0.767 bits per heavy atom. The molecule has 10 heteroatoms. The Balaban J connectivity index is 0.948. The van der Waals surface area contributed by atoms with Gasteiger partial charge in [0.15, 0.2) is 17.8 Å². The van der Waals surface area contributed by atoms with Crippen LogP contribution in [0.4, 0.5) is 10.5 Å². The first-order valence-corrected chi connectivity index (χ1v) is 20.4. The lowest BCUT2D eigenvalue weighted by molar-refractivity contribution is -0.276. The van der Waals surface area contributed by atoms with Gasteiger partial charge < -0.3 is 39.4 Å². The highest BCUT2D eigenvalue weighted by atomic mass is 16.7. The van der Waals surface area contributed by atoms with E-state index in [1.54, 1.807) is 14.2 Å². The van der Waals surface area contributed by atoms with Crippen LogP contribution in [0.25, 0.3) is 11.1 Å². The zero-order valence-electron chi connectivity index (χ0n) is 34.2. The second-order valence-corrected chi connectivity index (χ2v) is 15.3. The summed E-state index contributed by atoms with van der Waals surface area (Å²) in [5.41, 5.74) is 9.02. The van der Waals surface area contributed by atoms with Crippen LogP contribution < -0.4 is 24.8 Å². The number of hydrogen-bond acceptors (Lipinski definition) is 8. The number of anilines is 1. The number of amides is 2. The van der Waals surface area contributed by atoms with Crippen molar-refractivity contribution in [3.8, 4) is 34.1 Å². The molecular weight excluding hydrogens is 755 g/mol. The molecule has 6 aromatic rings. The van der Waals surface area contributed by atoms with E-state index in [4.69, 9.17) is 23.7 Å². The van der Waals surface area contributed by atoms with E-state index in [1.807, 2.05) is 84.9 Å². The fraction of sp³-hybridized carbons (Fsp3) is 0.260. The van der Waals surface area contributed by atoms with Crippen LogP contribution in [0, 0.1) is 5.92 Å². The third-order valence-electron chi connectivity index (χ3n) is 11.4. The SMILES string of the molecule is COc1cc2c(cc1OC)CN(C[C@H]1O[C@@H](c3ccc(-c4ccccc4CNC(=O)Nc4ccc(Oc5ccccc5)cc4)cc3)O[C@@H](c3ccc(CO)cc3)[C@H]1C)CC2. The van der Waals surface area contributed by atoms with Gasteiger partial charge in [-0.25, -0.2) is 4.79 Å². The normalized spacial score (nSPS) is 18.9. The lowest BCUT2D eigenvalue weighted by Crippen LogP contribution is -2.45. The first-order chi connectivity index (χ1) is 29.4. The van der Waals surface area contributed by atoms with Crippen LogP contribution in [0.2, 0.25) is 0 Å². The van der Waals surface area contributed by atoms with Gasteiger partial charge in [0.25, 0.3) is 0 Å². The van der Waals surface area contributed by atoms with Crippen molar-refractivity contribution >= 4 is 11.7 Å². The van der Waals surface area contributed by atoms with Crippen molar-refractivity contribution in [1.82, 2.24) is 10.2 Å². The number of fused-ring (bicyclic) bond motifs is 1. The fourth-order valence-corrected chi connectivity index (χ4v) is 8.04. The maximum absolute atomic E-state index is 13.0. The van der Waals surface area contributed by atoms with Gasteiger partial charge in [-0.1, -0.05) is 97.9 Å². The molecule has 0 unspecified atom stereocenters. The molecule has 8 rings (SSSR count). The molecule has 0 spiro atoms. The topological polar surface area (TPSA) is 111 Å². The molecule has 10 nitrogen and oxygen atoms in total. The average molecular weight is 806 g/mol. The van der Waals surface area contributed by atoms with E-state index in [9.17, 15) is 9.90 Å². The number of ether oxygens (including phenoxy) is 5. The lowest BCUT2D eigenvalue weighted by atomic mass is 9.89. The van der Waals surface area contributed by atoms with Gasteiger partial charge in [0.2, 0.25) is 0 Å². The molecule has 308 valence electrons. The highest BCUT2D eigenvalue weighted by Gasteiger charge is 2.39. The third-order valence-corrected chi connectivity index (χ3v) is 11.4. The maximum Gasteiger partial charge on any atom is 0.319 e. The highest BCUT2D eigenvalue weighted by Crippen LogP contribution is 2.43. The molecule has 0 bridgehead atoms. The number of carbonyl (C=O) groups is 1.